The first-order valence-corrected chi connectivity index (χ1v) is 13.1. The Morgan fingerprint density at radius 1 is 0.929 bits per heavy atom. The van der Waals surface area contributed by atoms with Crippen molar-refractivity contribution in [3.05, 3.63) is 124 Å². The first kappa shape index (κ1) is 28.8. The lowest BCUT2D eigenvalue weighted by Gasteiger charge is -2.17. The average Bonchev–Trinajstić information content (AvgIpc) is 3.40. The van der Waals surface area contributed by atoms with Gasteiger partial charge in [-0.3, -0.25) is 4.79 Å². The van der Waals surface area contributed by atoms with Crippen molar-refractivity contribution < 1.29 is 26.9 Å². The minimum atomic E-state index is -4.46. The fourth-order valence-corrected chi connectivity index (χ4v) is 4.60. The summed E-state index contributed by atoms with van der Waals surface area (Å²) in [5.74, 6) is -0.458. The molecule has 0 saturated carbocycles. The van der Waals surface area contributed by atoms with Gasteiger partial charge in [-0.2, -0.15) is 18.2 Å². The second-order valence-electron chi connectivity index (χ2n) is 9.61. The number of carbonyl (C=O) groups excluding carboxylic acids is 1. The number of rotatable bonds is 7. The van der Waals surface area contributed by atoms with E-state index in [9.17, 15) is 22.4 Å². The number of halogens is 5. The zero-order valence-corrected chi connectivity index (χ0v) is 22.8. The number of nitrogens with zero attached hydrogens (tertiary/aromatic N) is 2. The number of amides is 1. The van der Waals surface area contributed by atoms with E-state index < -0.39 is 29.5 Å². The Balaban J connectivity index is 1.38. The van der Waals surface area contributed by atoms with Crippen LogP contribution in [-0.2, 0) is 12.6 Å². The van der Waals surface area contributed by atoms with Crippen LogP contribution in [0, 0.1) is 12.7 Å². The van der Waals surface area contributed by atoms with Gasteiger partial charge in [0.1, 0.15) is 11.9 Å². The summed E-state index contributed by atoms with van der Waals surface area (Å²) >= 11 is 5.92. The smallest absolute Gasteiger partial charge is 0.398 e. The number of nitrogens with two attached hydrogens (primary N) is 1. The number of aryl methyl sites for hydroxylation is 1. The van der Waals surface area contributed by atoms with Crippen LogP contribution < -0.4 is 11.1 Å². The summed E-state index contributed by atoms with van der Waals surface area (Å²) in [6, 6.07) is 20.5. The molecule has 0 fully saturated rings. The first-order valence-electron chi connectivity index (χ1n) is 12.7. The van der Waals surface area contributed by atoms with Crippen LogP contribution in [0.15, 0.2) is 89.5 Å². The SMILES string of the molecule is Cc1noc(C(Cc2ccc(-c3ccc(F)c(Cl)c3)cc2)NC(=O)c2cc(-c3ccc(C(F)(F)F)cc3)ccc2N)n1. The van der Waals surface area contributed by atoms with Crippen molar-refractivity contribution in [3.8, 4) is 22.3 Å². The van der Waals surface area contributed by atoms with E-state index >= 15 is 0 Å². The van der Waals surface area contributed by atoms with Crippen LogP contribution in [0.5, 0.6) is 0 Å². The summed E-state index contributed by atoms with van der Waals surface area (Å²) < 4.78 is 57.9. The third kappa shape index (κ3) is 6.44. The fourth-order valence-electron chi connectivity index (χ4n) is 4.42. The second-order valence-corrected chi connectivity index (χ2v) is 10.0. The van der Waals surface area contributed by atoms with Crippen LogP contribution >= 0.6 is 11.6 Å². The number of benzene rings is 4. The Bertz CT molecular complexity index is 1740. The number of nitrogens with one attached hydrogen (secondary N) is 1. The van der Waals surface area contributed by atoms with Gasteiger partial charge in [0.05, 0.1) is 16.1 Å². The number of hydrogen-bond donors (Lipinski definition) is 2. The third-order valence-corrected chi connectivity index (χ3v) is 6.93. The lowest BCUT2D eigenvalue weighted by Crippen LogP contribution is -2.31. The van der Waals surface area contributed by atoms with Gasteiger partial charge in [0, 0.05) is 12.1 Å². The maximum atomic E-state index is 13.6. The van der Waals surface area contributed by atoms with Crippen LogP contribution in [0.3, 0.4) is 0 Å². The van der Waals surface area contributed by atoms with Crippen LogP contribution in [-0.4, -0.2) is 16.0 Å². The minimum Gasteiger partial charge on any atom is -0.398 e. The Morgan fingerprint density at radius 3 is 2.12 bits per heavy atom. The van der Waals surface area contributed by atoms with E-state index in [-0.39, 0.29) is 28.6 Å². The Morgan fingerprint density at radius 2 is 1.52 bits per heavy atom. The van der Waals surface area contributed by atoms with Crippen LogP contribution in [0.1, 0.15) is 39.2 Å². The molecule has 0 saturated heterocycles. The van der Waals surface area contributed by atoms with Crippen LogP contribution in [0.25, 0.3) is 22.3 Å². The lowest BCUT2D eigenvalue weighted by molar-refractivity contribution is -0.137. The van der Waals surface area contributed by atoms with Crippen molar-refractivity contribution in [1.29, 1.82) is 0 Å². The molecule has 1 unspecified atom stereocenters. The highest BCUT2D eigenvalue weighted by molar-refractivity contribution is 6.31. The molecule has 11 heteroatoms. The molecule has 0 aliphatic carbocycles. The molecule has 1 atom stereocenters. The monoisotopic (exact) mass is 594 g/mol. The molecule has 4 aromatic carbocycles. The minimum absolute atomic E-state index is 0.0211. The Hall–Kier alpha value is -4.70. The van der Waals surface area contributed by atoms with E-state index in [4.69, 9.17) is 21.9 Å². The molecule has 3 N–H and O–H groups in total. The summed E-state index contributed by atoms with van der Waals surface area (Å²) in [5.41, 5.74) is 9.08. The molecule has 42 heavy (non-hydrogen) atoms. The molecule has 1 amide bonds. The molecule has 0 bridgehead atoms. The number of anilines is 1. The highest BCUT2D eigenvalue weighted by Gasteiger charge is 2.30. The van der Waals surface area contributed by atoms with Crippen LogP contribution in [0.4, 0.5) is 23.2 Å². The van der Waals surface area contributed by atoms with Crippen molar-refractivity contribution in [1.82, 2.24) is 15.5 Å². The molecule has 0 spiro atoms. The molecule has 6 nitrogen and oxygen atoms in total. The standard InChI is InChI=1S/C31H23ClF4N4O2/c1-17-38-30(42-40-17)28(14-18-2-4-19(5-3-18)22-8-12-26(33)25(32)16-22)39-29(41)24-15-21(9-13-27(24)37)20-6-10-23(11-7-20)31(34,35)36/h2-13,15-16,28H,14,37H2,1H3,(H,39,41). The number of nitrogen functional groups attached to an aromatic ring is 1. The predicted molar refractivity (Wildman–Crippen MR) is 151 cm³/mol. The molecule has 0 radical (unpaired) electrons. The Kier molecular flexibility index (Phi) is 8.00. The highest BCUT2D eigenvalue weighted by Crippen LogP contribution is 2.32. The summed E-state index contributed by atoms with van der Waals surface area (Å²) in [4.78, 5) is 17.7. The summed E-state index contributed by atoms with van der Waals surface area (Å²) in [6.45, 7) is 1.65. The number of carbonyl (C=O) groups is 1. The number of alkyl halides is 3. The zero-order valence-electron chi connectivity index (χ0n) is 22.0. The van der Waals surface area contributed by atoms with Gasteiger partial charge in [0.15, 0.2) is 5.82 Å². The normalized spacial score (nSPS) is 12.2. The van der Waals surface area contributed by atoms with Gasteiger partial charge >= 0.3 is 6.18 Å². The number of hydrogen-bond acceptors (Lipinski definition) is 5. The van der Waals surface area contributed by atoms with Crippen molar-refractivity contribution in [2.75, 3.05) is 5.73 Å². The first-order chi connectivity index (χ1) is 20.0. The topological polar surface area (TPSA) is 94.0 Å². The summed E-state index contributed by atoms with van der Waals surface area (Å²) in [5, 5.41) is 6.76. The molecular formula is C31H23ClF4N4O2. The van der Waals surface area contributed by atoms with Gasteiger partial charge in [0.2, 0.25) is 5.89 Å². The van der Waals surface area contributed by atoms with Gasteiger partial charge in [-0.1, -0.05) is 65.3 Å². The van der Waals surface area contributed by atoms with E-state index in [2.05, 4.69) is 15.5 Å². The van der Waals surface area contributed by atoms with E-state index in [1.165, 1.54) is 30.3 Å². The fraction of sp³-hybridized carbons (Fsp3) is 0.129. The molecule has 5 rings (SSSR count). The largest absolute Gasteiger partial charge is 0.416 e. The third-order valence-electron chi connectivity index (χ3n) is 6.64. The van der Waals surface area contributed by atoms with E-state index in [1.54, 1.807) is 25.1 Å². The molecule has 214 valence electrons. The van der Waals surface area contributed by atoms with Gasteiger partial charge in [0.25, 0.3) is 5.91 Å². The zero-order chi connectivity index (χ0) is 30.0. The maximum Gasteiger partial charge on any atom is 0.416 e. The molecule has 0 aliphatic heterocycles. The molecule has 1 aromatic heterocycles. The average molecular weight is 595 g/mol. The van der Waals surface area contributed by atoms with Crippen LogP contribution in [0.2, 0.25) is 5.02 Å². The summed E-state index contributed by atoms with van der Waals surface area (Å²) in [6.07, 6.45) is -4.17. The van der Waals surface area contributed by atoms with E-state index in [0.717, 1.165) is 28.8 Å². The van der Waals surface area contributed by atoms with E-state index in [0.29, 0.717) is 17.0 Å². The highest BCUT2D eigenvalue weighted by atomic mass is 35.5. The van der Waals surface area contributed by atoms with Gasteiger partial charge < -0.3 is 15.6 Å². The lowest BCUT2D eigenvalue weighted by atomic mass is 9.99. The van der Waals surface area contributed by atoms with Crippen molar-refractivity contribution in [2.45, 2.75) is 25.6 Å². The molecular weight excluding hydrogens is 572 g/mol. The van der Waals surface area contributed by atoms with Crippen molar-refractivity contribution >= 4 is 23.2 Å². The Labute approximate surface area is 243 Å². The van der Waals surface area contributed by atoms with Gasteiger partial charge in [-0.05, 0) is 71.1 Å². The molecule has 5 aromatic rings. The second kappa shape index (κ2) is 11.7. The quantitative estimate of drug-likeness (QED) is 0.148. The van der Waals surface area contributed by atoms with Crippen molar-refractivity contribution in [3.63, 3.8) is 0 Å². The van der Waals surface area contributed by atoms with E-state index in [1.807, 2.05) is 24.3 Å². The van der Waals surface area contributed by atoms with Crippen molar-refractivity contribution in [2.24, 2.45) is 0 Å². The van der Waals surface area contributed by atoms with Gasteiger partial charge in [-0.25, -0.2) is 4.39 Å². The maximum absolute atomic E-state index is 13.6. The van der Waals surface area contributed by atoms with Gasteiger partial charge in [-0.15, -0.1) is 0 Å². The molecule has 0 aliphatic rings. The number of aromatic nitrogens is 2. The molecule has 1 heterocycles. The summed E-state index contributed by atoms with van der Waals surface area (Å²) in [7, 11) is 0. The predicted octanol–water partition coefficient (Wildman–Crippen LogP) is 7.82.